The maximum absolute atomic E-state index is 19.0. The van der Waals surface area contributed by atoms with Crippen LogP contribution < -0.4 is 31.8 Å². The van der Waals surface area contributed by atoms with Crippen LogP contribution in [0.5, 0.6) is 0 Å². The Bertz CT molecular complexity index is 2410. The summed E-state index contributed by atoms with van der Waals surface area (Å²) >= 11 is 0. The molecular weight excluding hydrogens is 644 g/mol. The van der Waals surface area contributed by atoms with Crippen LogP contribution in [0.15, 0.2) is 194 Å². The Labute approximate surface area is 285 Å². The van der Waals surface area contributed by atoms with Gasteiger partial charge >= 0.3 is 286 Å². The number of fused-ring (bicyclic) bond motifs is 2. The van der Waals surface area contributed by atoms with E-state index in [-0.39, 0.29) is 15.9 Å². The van der Waals surface area contributed by atoms with Gasteiger partial charge in [-0.2, -0.15) is 0 Å². The average molecular weight is 677 g/mol. The van der Waals surface area contributed by atoms with E-state index in [1.165, 1.54) is 0 Å². The summed E-state index contributed by atoms with van der Waals surface area (Å²) in [5, 5.41) is 4.88. The van der Waals surface area contributed by atoms with E-state index in [9.17, 15) is 0 Å². The molecule has 0 amide bonds. The first-order valence-corrected chi connectivity index (χ1v) is 20.0. The van der Waals surface area contributed by atoms with Crippen molar-refractivity contribution in [2.45, 2.75) is 0 Å². The van der Waals surface area contributed by atoms with Gasteiger partial charge in [0.2, 0.25) is 0 Å². The SMILES string of the molecule is O=P(c1ccccc1)(c1ccccc1)c1ccc2ccccc2c1-c1c(P(F)(F)(c2ccccc2)c2ccccc2)ccc2ccccc12. The van der Waals surface area contributed by atoms with Crippen molar-refractivity contribution in [2.75, 3.05) is 0 Å². The molecule has 0 unspecified atom stereocenters. The quantitative estimate of drug-likeness (QED) is 0.154. The van der Waals surface area contributed by atoms with Crippen LogP contribution in [-0.2, 0) is 4.57 Å². The summed E-state index contributed by atoms with van der Waals surface area (Å²) in [5.74, 6) is 0. The van der Waals surface area contributed by atoms with Gasteiger partial charge in [0.1, 0.15) is 0 Å². The summed E-state index contributed by atoms with van der Waals surface area (Å²) in [7, 11) is -9.80. The molecule has 1 nitrogen and oxygen atoms in total. The Morgan fingerprint density at radius 3 is 1.27 bits per heavy atom. The van der Waals surface area contributed by atoms with Crippen molar-refractivity contribution in [3.63, 3.8) is 0 Å². The predicted octanol–water partition coefficient (Wildman–Crippen LogP) is 9.90. The molecule has 0 saturated carbocycles. The van der Waals surface area contributed by atoms with Crippen molar-refractivity contribution in [1.82, 2.24) is 0 Å². The third-order valence-electron chi connectivity index (χ3n) is 9.49. The standard InChI is InChI=1S/C44H32F2OP2/c45-49(46,37-23-9-3-10-24-37,38-25-11-4-12-26-38)42-32-30-34-18-14-16-28-40(34)44(42)43-39-27-15-13-17-33(39)29-31-41(43)48(47,35-19-5-1-6-20-35)36-21-7-2-8-22-36/h1-32H. The zero-order valence-electron chi connectivity index (χ0n) is 26.5. The first-order valence-electron chi connectivity index (χ1n) is 16.2. The Morgan fingerprint density at radius 2 is 0.776 bits per heavy atom. The molecule has 0 heterocycles. The van der Waals surface area contributed by atoms with Gasteiger partial charge in [0.25, 0.3) is 0 Å². The fraction of sp³-hybridized carbons (Fsp3) is 0. The van der Waals surface area contributed by atoms with Crippen molar-refractivity contribution < 1.29 is 13.0 Å². The fourth-order valence-corrected chi connectivity index (χ4v) is 13.2. The van der Waals surface area contributed by atoms with Crippen LogP contribution in [0.3, 0.4) is 0 Å². The van der Waals surface area contributed by atoms with Crippen LogP contribution >= 0.6 is 14.4 Å². The van der Waals surface area contributed by atoms with E-state index in [1.807, 2.05) is 121 Å². The number of hydrogen-bond donors (Lipinski definition) is 0. The molecule has 0 radical (unpaired) electrons. The number of halogens is 2. The van der Waals surface area contributed by atoms with Crippen LogP contribution in [0.1, 0.15) is 0 Å². The summed E-state index contributed by atoms with van der Waals surface area (Å²) in [6.07, 6.45) is 0. The van der Waals surface area contributed by atoms with Gasteiger partial charge in [-0.25, -0.2) is 0 Å². The minimum atomic E-state index is -6.17. The Kier molecular flexibility index (Phi) is 7.64. The number of rotatable bonds is 7. The van der Waals surface area contributed by atoms with Crippen molar-refractivity contribution in [3.8, 4) is 11.1 Å². The van der Waals surface area contributed by atoms with Gasteiger partial charge in [0.15, 0.2) is 0 Å². The third kappa shape index (κ3) is 4.88. The Hall–Kier alpha value is -5.20. The van der Waals surface area contributed by atoms with Crippen LogP contribution in [0.25, 0.3) is 32.7 Å². The van der Waals surface area contributed by atoms with Crippen LogP contribution in [0.4, 0.5) is 8.39 Å². The summed E-state index contributed by atoms with van der Waals surface area (Å²) in [6, 6.07) is 58.2. The van der Waals surface area contributed by atoms with E-state index in [0.29, 0.717) is 32.4 Å². The van der Waals surface area contributed by atoms with Crippen LogP contribution in [0, 0.1) is 0 Å². The normalized spacial score (nSPS) is 12.8. The molecule has 0 spiro atoms. The van der Waals surface area contributed by atoms with Crippen molar-refractivity contribution in [1.29, 1.82) is 0 Å². The van der Waals surface area contributed by atoms with Gasteiger partial charge in [-0.05, 0) is 0 Å². The first-order chi connectivity index (χ1) is 23.9. The molecule has 8 aromatic rings. The first kappa shape index (κ1) is 31.1. The molecule has 0 saturated heterocycles. The van der Waals surface area contributed by atoms with E-state index in [1.54, 1.807) is 72.8 Å². The second-order valence-electron chi connectivity index (χ2n) is 12.2. The second kappa shape index (κ2) is 12.0. The van der Waals surface area contributed by atoms with Crippen molar-refractivity contribution in [3.05, 3.63) is 194 Å². The molecule has 0 bridgehead atoms. The fourth-order valence-electron chi connectivity index (χ4n) is 7.14. The van der Waals surface area contributed by atoms with Gasteiger partial charge in [-0.1, -0.05) is 0 Å². The zero-order valence-corrected chi connectivity index (χ0v) is 28.3. The molecule has 0 aliphatic heterocycles. The molecule has 0 aromatic heterocycles. The minimum absolute atomic E-state index is 0.0210. The van der Waals surface area contributed by atoms with Gasteiger partial charge in [0, 0.05) is 0 Å². The molecule has 8 rings (SSSR count). The van der Waals surface area contributed by atoms with Crippen molar-refractivity contribution >= 4 is 67.7 Å². The molecule has 238 valence electrons. The number of hydrogen-bond acceptors (Lipinski definition) is 1. The molecule has 0 aliphatic rings. The summed E-state index contributed by atoms with van der Waals surface area (Å²) in [5.41, 5.74) is 0.976. The Morgan fingerprint density at radius 1 is 0.388 bits per heavy atom. The summed E-state index contributed by atoms with van der Waals surface area (Å²) in [6.45, 7) is 0. The molecule has 0 aliphatic carbocycles. The molecule has 8 aromatic carbocycles. The van der Waals surface area contributed by atoms with E-state index in [2.05, 4.69) is 0 Å². The third-order valence-corrected chi connectivity index (χ3v) is 16.2. The molecule has 5 heteroatoms. The summed E-state index contributed by atoms with van der Waals surface area (Å²) in [4.78, 5) is 0. The molecule has 49 heavy (non-hydrogen) atoms. The maximum atomic E-state index is 19.0. The zero-order chi connectivity index (χ0) is 33.5. The molecular formula is C44H32F2OP2. The second-order valence-corrected chi connectivity index (χ2v) is 18.3. The Balaban J connectivity index is 1.61. The van der Waals surface area contributed by atoms with Gasteiger partial charge in [0.05, 0.1) is 0 Å². The van der Waals surface area contributed by atoms with E-state index in [4.69, 9.17) is 0 Å². The van der Waals surface area contributed by atoms with Gasteiger partial charge < -0.3 is 0 Å². The molecule has 0 atom stereocenters. The molecule has 0 N–H and O–H groups in total. The van der Waals surface area contributed by atoms with E-state index >= 15 is 13.0 Å². The molecule has 0 fully saturated rings. The van der Waals surface area contributed by atoms with E-state index < -0.39 is 14.4 Å². The van der Waals surface area contributed by atoms with Crippen LogP contribution in [-0.4, -0.2) is 0 Å². The monoisotopic (exact) mass is 676 g/mol. The average Bonchev–Trinajstić information content (AvgIpc) is 3.18. The predicted molar refractivity (Wildman–Crippen MR) is 207 cm³/mol. The van der Waals surface area contributed by atoms with Crippen LogP contribution in [0.2, 0.25) is 0 Å². The number of benzene rings is 8. The van der Waals surface area contributed by atoms with Gasteiger partial charge in [-0.15, -0.1) is 0 Å². The summed E-state index contributed by atoms with van der Waals surface area (Å²) < 4.78 is 54.2. The topological polar surface area (TPSA) is 17.1 Å². The van der Waals surface area contributed by atoms with E-state index in [0.717, 1.165) is 16.2 Å². The van der Waals surface area contributed by atoms with Gasteiger partial charge in [-0.3, -0.25) is 0 Å². The van der Waals surface area contributed by atoms with Crippen molar-refractivity contribution in [2.24, 2.45) is 0 Å².